The largest absolute Gasteiger partial charge is 0.503 e. The summed E-state index contributed by atoms with van der Waals surface area (Å²) < 4.78 is 54.4. The number of esters is 1. The zero-order valence-corrected chi connectivity index (χ0v) is 19.0. The Labute approximate surface area is 195 Å². The molecule has 34 heavy (non-hydrogen) atoms. The molecule has 0 saturated carbocycles. The van der Waals surface area contributed by atoms with Gasteiger partial charge in [-0.15, -0.1) is 6.58 Å². The number of hydrogen-bond acceptors (Lipinski definition) is 7. The lowest BCUT2D eigenvalue weighted by Gasteiger charge is -2.25. The Hall–Kier alpha value is -3.56. The summed E-state index contributed by atoms with van der Waals surface area (Å²) in [5.41, 5.74) is -1.03. The Bertz CT molecular complexity index is 1010. The number of benzene rings is 1. The molecule has 184 valence electrons. The van der Waals surface area contributed by atoms with Gasteiger partial charge in [-0.05, 0) is 31.2 Å². The predicted octanol–water partition coefficient (Wildman–Crippen LogP) is 4.98. The molecule has 3 atom stereocenters. The Morgan fingerprint density at radius 3 is 2.38 bits per heavy atom. The summed E-state index contributed by atoms with van der Waals surface area (Å²) in [6.45, 7) is 6.68. The first-order valence-corrected chi connectivity index (χ1v) is 10.4. The highest BCUT2D eigenvalue weighted by Gasteiger charge is 2.31. The SMILES string of the molecule is C=CC[C@@H](Oc1ccc(C(F)(F)F)cc1)[C@H](C)OC(=O)[C@H](C)CC(=O)c1nccc(OC)c1O. The highest BCUT2D eigenvalue weighted by molar-refractivity contribution is 5.99. The van der Waals surface area contributed by atoms with Gasteiger partial charge in [0.15, 0.2) is 23.0 Å². The number of nitrogens with zero attached hydrogens (tertiary/aromatic N) is 1. The maximum Gasteiger partial charge on any atom is 0.416 e. The summed E-state index contributed by atoms with van der Waals surface area (Å²) in [7, 11) is 1.33. The number of rotatable bonds is 11. The molecule has 7 nitrogen and oxygen atoms in total. The quantitative estimate of drug-likeness (QED) is 0.275. The maximum atomic E-state index is 12.7. The second-order valence-electron chi connectivity index (χ2n) is 7.58. The van der Waals surface area contributed by atoms with Gasteiger partial charge in [0, 0.05) is 25.1 Å². The standard InChI is InChI=1S/C24H26F3NO6/c1-5-6-19(34-17-9-7-16(8-10-17)24(25,26)27)15(3)33-23(31)14(2)13-18(29)21-22(30)20(32-4)11-12-28-21/h5,7-12,14-15,19,30H,1,6,13H2,2-4H3/t14-,15+,19-/m1/s1. The number of carbonyl (C=O) groups excluding carboxylic acids is 2. The molecular weight excluding hydrogens is 455 g/mol. The van der Waals surface area contributed by atoms with Crippen molar-refractivity contribution >= 4 is 11.8 Å². The Kier molecular flexibility index (Phi) is 9.05. The summed E-state index contributed by atoms with van der Waals surface area (Å²) in [6.07, 6.45) is -3.17. The number of ketones is 1. The Balaban J connectivity index is 2.02. The highest BCUT2D eigenvalue weighted by Crippen LogP contribution is 2.31. The lowest BCUT2D eigenvalue weighted by molar-refractivity contribution is -0.157. The van der Waals surface area contributed by atoms with Crippen LogP contribution in [-0.4, -0.2) is 41.2 Å². The number of aromatic nitrogens is 1. The van der Waals surface area contributed by atoms with Crippen molar-refractivity contribution in [1.82, 2.24) is 4.98 Å². The molecule has 0 aliphatic heterocycles. The summed E-state index contributed by atoms with van der Waals surface area (Å²) in [6, 6.07) is 5.55. The van der Waals surface area contributed by atoms with Gasteiger partial charge in [0.25, 0.3) is 0 Å². The van der Waals surface area contributed by atoms with E-state index in [1.54, 1.807) is 6.92 Å². The van der Waals surface area contributed by atoms with Crippen LogP contribution in [0.4, 0.5) is 13.2 Å². The van der Waals surface area contributed by atoms with E-state index in [9.17, 15) is 27.9 Å². The molecule has 1 aromatic carbocycles. The van der Waals surface area contributed by atoms with Crippen LogP contribution in [0.2, 0.25) is 0 Å². The van der Waals surface area contributed by atoms with Gasteiger partial charge < -0.3 is 19.3 Å². The number of hydrogen-bond donors (Lipinski definition) is 1. The van der Waals surface area contributed by atoms with E-state index in [1.165, 1.54) is 44.5 Å². The van der Waals surface area contributed by atoms with E-state index in [0.29, 0.717) is 0 Å². The van der Waals surface area contributed by atoms with Gasteiger partial charge in [-0.2, -0.15) is 13.2 Å². The van der Waals surface area contributed by atoms with E-state index in [4.69, 9.17) is 14.2 Å². The van der Waals surface area contributed by atoms with Crippen LogP contribution in [0.5, 0.6) is 17.2 Å². The fraction of sp³-hybridized carbons (Fsp3) is 0.375. The van der Waals surface area contributed by atoms with E-state index in [2.05, 4.69) is 11.6 Å². The van der Waals surface area contributed by atoms with E-state index < -0.39 is 47.4 Å². The number of halogens is 3. The number of aromatic hydroxyl groups is 1. The smallest absolute Gasteiger partial charge is 0.416 e. The van der Waals surface area contributed by atoms with Crippen molar-refractivity contribution in [1.29, 1.82) is 0 Å². The molecule has 1 heterocycles. The minimum Gasteiger partial charge on any atom is -0.503 e. The van der Waals surface area contributed by atoms with E-state index in [0.717, 1.165) is 12.1 Å². The Morgan fingerprint density at radius 2 is 1.82 bits per heavy atom. The first-order chi connectivity index (χ1) is 16.0. The van der Waals surface area contributed by atoms with Crippen molar-refractivity contribution in [3.8, 4) is 17.2 Å². The monoisotopic (exact) mass is 481 g/mol. The van der Waals surface area contributed by atoms with Crippen molar-refractivity contribution in [3.63, 3.8) is 0 Å². The molecular formula is C24H26F3NO6. The first-order valence-electron chi connectivity index (χ1n) is 10.4. The van der Waals surface area contributed by atoms with Crippen molar-refractivity contribution in [2.24, 2.45) is 5.92 Å². The lowest BCUT2D eigenvalue weighted by atomic mass is 10.0. The molecule has 10 heteroatoms. The molecule has 0 amide bonds. The van der Waals surface area contributed by atoms with Crippen LogP contribution in [0.15, 0.2) is 49.2 Å². The number of alkyl halides is 3. The van der Waals surface area contributed by atoms with Crippen LogP contribution < -0.4 is 9.47 Å². The van der Waals surface area contributed by atoms with Crippen LogP contribution in [0.3, 0.4) is 0 Å². The molecule has 0 radical (unpaired) electrons. The van der Waals surface area contributed by atoms with Crippen LogP contribution in [0, 0.1) is 5.92 Å². The number of Topliss-reactive ketones (excluding diaryl/α,β-unsaturated/α-hetero) is 1. The summed E-state index contributed by atoms with van der Waals surface area (Å²) >= 11 is 0. The number of pyridine rings is 1. The molecule has 0 aliphatic rings. The minimum absolute atomic E-state index is 0.0786. The average Bonchev–Trinajstić information content (AvgIpc) is 2.78. The summed E-state index contributed by atoms with van der Waals surface area (Å²) in [5.74, 6) is -2.29. The summed E-state index contributed by atoms with van der Waals surface area (Å²) in [4.78, 5) is 28.9. The van der Waals surface area contributed by atoms with Crippen molar-refractivity contribution < 1.29 is 42.1 Å². The number of carbonyl (C=O) groups is 2. The predicted molar refractivity (Wildman–Crippen MR) is 117 cm³/mol. The molecule has 0 saturated heterocycles. The second-order valence-corrected chi connectivity index (χ2v) is 7.58. The van der Waals surface area contributed by atoms with E-state index in [1.807, 2.05) is 0 Å². The third-order valence-electron chi connectivity index (χ3n) is 4.96. The van der Waals surface area contributed by atoms with Crippen molar-refractivity contribution in [2.75, 3.05) is 7.11 Å². The third-order valence-corrected chi connectivity index (χ3v) is 4.96. The third kappa shape index (κ3) is 6.97. The van der Waals surface area contributed by atoms with Gasteiger partial charge in [0.2, 0.25) is 0 Å². The van der Waals surface area contributed by atoms with Gasteiger partial charge in [-0.3, -0.25) is 9.59 Å². The molecule has 0 fully saturated rings. The number of ether oxygens (including phenoxy) is 3. The Morgan fingerprint density at radius 1 is 1.18 bits per heavy atom. The molecule has 2 aromatic rings. The molecule has 0 aliphatic carbocycles. The van der Waals surface area contributed by atoms with Gasteiger partial charge in [0.05, 0.1) is 18.6 Å². The van der Waals surface area contributed by atoms with Gasteiger partial charge in [-0.1, -0.05) is 13.0 Å². The fourth-order valence-electron chi connectivity index (χ4n) is 3.04. The molecule has 1 N–H and O–H groups in total. The molecule has 0 bridgehead atoms. The normalized spacial score (nSPS) is 13.9. The fourth-order valence-corrected chi connectivity index (χ4v) is 3.04. The zero-order valence-electron chi connectivity index (χ0n) is 19.0. The highest BCUT2D eigenvalue weighted by atomic mass is 19.4. The van der Waals surface area contributed by atoms with Crippen LogP contribution in [0.25, 0.3) is 0 Å². The first kappa shape index (κ1) is 26.7. The van der Waals surface area contributed by atoms with Gasteiger partial charge in [0.1, 0.15) is 18.0 Å². The van der Waals surface area contributed by atoms with Gasteiger partial charge >= 0.3 is 12.1 Å². The summed E-state index contributed by atoms with van der Waals surface area (Å²) in [5, 5.41) is 10.1. The van der Waals surface area contributed by atoms with Crippen molar-refractivity contribution in [3.05, 3.63) is 60.4 Å². The molecule has 0 spiro atoms. The molecule has 1 aromatic heterocycles. The molecule has 2 rings (SSSR count). The van der Waals surface area contributed by atoms with E-state index >= 15 is 0 Å². The molecule has 0 unspecified atom stereocenters. The van der Waals surface area contributed by atoms with Crippen LogP contribution in [0.1, 0.15) is 42.7 Å². The van der Waals surface area contributed by atoms with Crippen molar-refractivity contribution in [2.45, 2.75) is 45.1 Å². The van der Waals surface area contributed by atoms with E-state index in [-0.39, 0.29) is 30.0 Å². The zero-order chi connectivity index (χ0) is 25.5. The number of methoxy groups -OCH3 is 1. The average molecular weight is 481 g/mol. The van der Waals surface area contributed by atoms with Gasteiger partial charge in [-0.25, -0.2) is 4.98 Å². The second kappa shape index (κ2) is 11.5. The van der Waals surface area contributed by atoms with Crippen LogP contribution >= 0.6 is 0 Å². The topological polar surface area (TPSA) is 95.0 Å². The maximum absolute atomic E-state index is 12.7. The van der Waals surface area contributed by atoms with Crippen LogP contribution in [-0.2, 0) is 15.7 Å². The lowest BCUT2D eigenvalue weighted by Crippen LogP contribution is -2.35. The minimum atomic E-state index is -4.47.